The smallest absolute Gasteiger partial charge is 0.253 e. The first-order valence-corrected chi connectivity index (χ1v) is 9.61. The van der Waals surface area contributed by atoms with E-state index in [4.69, 9.17) is 4.74 Å². The molecular weight excluding hydrogens is 340 g/mol. The molecule has 0 bridgehead atoms. The Morgan fingerprint density at radius 2 is 1.76 bits per heavy atom. The van der Waals surface area contributed by atoms with Crippen LogP contribution in [0.2, 0.25) is 0 Å². The number of ether oxygens (including phenoxy) is 1. The zero-order chi connectivity index (χ0) is 18.3. The number of anilines is 1. The molecule has 0 radical (unpaired) electrons. The van der Waals surface area contributed by atoms with Crippen molar-refractivity contribution < 1.29 is 17.9 Å². The number of para-hydroxylation sites is 1. The van der Waals surface area contributed by atoms with Gasteiger partial charge in [-0.25, -0.2) is 8.42 Å². The van der Waals surface area contributed by atoms with Crippen LogP contribution in [0, 0.1) is 0 Å². The van der Waals surface area contributed by atoms with Gasteiger partial charge in [-0.2, -0.15) is 0 Å². The highest BCUT2D eigenvalue weighted by atomic mass is 32.2. The summed E-state index contributed by atoms with van der Waals surface area (Å²) < 4.78 is 31.0. The van der Waals surface area contributed by atoms with Crippen LogP contribution in [0.5, 0.6) is 5.75 Å². The second-order valence-corrected chi connectivity index (χ2v) is 7.42. The van der Waals surface area contributed by atoms with Gasteiger partial charge in [-0.15, -0.1) is 0 Å². The number of rotatable bonds is 8. The molecule has 0 fully saturated rings. The molecule has 0 unspecified atom stereocenters. The third kappa shape index (κ3) is 5.49. The summed E-state index contributed by atoms with van der Waals surface area (Å²) in [6.07, 6.45) is 0.665. The summed E-state index contributed by atoms with van der Waals surface area (Å²) in [6, 6.07) is 14.2. The van der Waals surface area contributed by atoms with Crippen LogP contribution in [0.1, 0.15) is 22.8 Å². The SMILES string of the molecule is CCS(=O)(=O)Nc1ccccc1C(=O)NCCc1ccc(OC)cc1. The van der Waals surface area contributed by atoms with Crippen molar-refractivity contribution in [1.29, 1.82) is 0 Å². The van der Waals surface area contributed by atoms with E-state index in [0.717, 1.165) is 11.3 Å². The van der Waals surface area contributed by atoms with Crippen LogP contribution < -0.4 is 14.8 Å². The number of carbonyl (C=O) groups excluding carboxylic acids is 1. The minimum Gasteiger partial charge on any atom is -0.497 e. The molecule has 2 aromatic carbocycles. The van der Waals surface area contributed by atoms with Crippen molar-refractivity contribution in [2.75, 3.05) is 24.1 Å². The van der Waals surface area contributed by atoms with Gasteiger partial charge < -0.3 is 10.1 Å². The highest BCUT2D eigenvalue weighted by Gasteiger charge is 2.14. The van der Waals surface area contributed by atoms with Crippen LogP contribution in [-0.2, 0) is 16.4 Å². The van der Waals surface area contributed by atoms with Gasteiger partial charge >= 0.3 is 0 Å². The van der Waals surface area contributed by atoms with Gasteiger partial charge in [0.2, 0.25) is 10.0 Å². The second-order valence-electron chi connectivity index (χ2n) is 5.41. The van der Waals surface area contributed by atoms with Crippen LogP contribution in [0.3, 0.4) is 0 Å². The molecule has 0 aliphatic heterocycles. The van der Waals surface area contributed by atoms with Crippen LogP contribution in [0.15, 0.2) is 48.5 Å². The lowest BCUT2D eigenvalue weighted by atomic mass is 10.1. The second kappa shape index (κ2) is 8.53. The van der Waals surface area contributed by atoms with Crippen LogP contribution in [0.4, 0.5) is 5.69 Å². The standard InChI is InChI=1S/C18H22N2O4S/c1-3-25(22,23)20-17-7-5-4-6-16(17)18(21)19-13-12-14-8-10-15(24-2)11-9-14/h4-11,20H,3,12-13H2,1-2H3,(H,19,21). The van der Waals surface area contributed by atoms with E-state index in [2.05, 4.69) is 10.0 Å². The summed E-state index contributed by atoms with van der Waals surface area (Å²) >= 11 is 0. The Kier molecular flexibility index (Phi) is 6.41. The van der Waals surface area contributed by atoms with E-state index in [0.29, 0.717) is 18.5 Å². The van der Waals surface area contributed by atoms with Crippen molar-refractivity contribution in [3.63, 3.8) is 0 Å². The molecule has 134 valence electrons. The zero-order valence-electron chi connectivity index (χ0n) is 14.3. The molecule has 1 amide bonds. The normalized spacial score (nSPS) is 11.0. The maximum absolute atomic E-state index is 12.4. The number of nitrogens with one attached hydrogen (secondary N) is 2. The van der Waals surface area contributed by atoms with Crippen LogP contribution in [0.25, 0.3) is 0 Å². The number of carbonyl (C=O) groups is 1. The van der Waals surface area contributed by atoms with Gasteiger partial charge in [0.15, 0.2) is 0 Å². The molecule has 0 aliphatic carbocycles. The van der Waals surface area contributed by atoms with Crippen molar-refractivity contribution in [2.24, 2.45) is 0 Å². The summed E-state index contributed by atoms with van der Waals surface area (Å²) in [5.74, 6) is 0.410. The molecule has 25 heavy (non-hydrogen) atoms. The Labute approximate surface area is 148 Å². The Bertz CT molecular complexity index is 817. The Morgan fingerprint density at radius 3 is 2.40 bits per heavy atom. The van der Waals surface area contributed by atoms with E-state index in [-0.39, 0.29) is 17.3 Å². The molecule has 0 saturated heterocycles. The molecule has 6 nitrogen and oxygen atoms in total. The molecule has 2 aromatic rings. The third-order valence-corrected chi connectivity index (χ3v) is 4.97. The molecule has 0 atom stereocenters. The van der Waals surface area contributed by atoms with E-state index >= 15 is 0 Å². The van der Waals surface area contributed by atoms with E-state index in [1.807, 2.05) is 24.3 Å². The molecule has 0 heterocycles. The maximum Gasteiger partial charge on any atom is 0.253 e. The van der Waals surface area contributed by atoms with Gasteiger partial charge in [0.1, 0.15) is 5.75 Å². The van der Waals surface area contributed by atoms with E-state index in [9.17, 15) is 13.2 Å². The quantitative estimate of drug-likeness (QED) is 0.755. The largest absolute Gasteiger partial charge is 0.497 e. The van der Waals surface area contributed by atoms with Crippen molar-refractivity contribution in [2.45, 2.75) is 13.3 Å². The average molecular weight is 362 g/mol. The lowest BCUT2D eigenvalue weighted by Gasteiger charge is -2.12. The Morgan fingerprint density at radius 1 is 1.08 bits per heavy atom. The van der Waals surface area contributed by atoms with E-state index < -0.39 is 10.0 Å². The van der Waals surface area contributed by atoms with Gasteiger partial charge in [-0.05, 0) is 43.2 Å². The molecule has 0 saturated carbocycles. The van der Waals surface area contributed by atoms with Gasteiger partial charge in [0, 0.05) is 6.54 Å². The first kappa shape index (κ1) is 18.8. The van der Waals surface area contributed by atoms with Crippen molar-refractivity contribution in [3.8, 4) is 5.75 Å². The Balaban J connectivity index is 1.98. The van der Waals surface area contributed by atoms with Crippen LogP contribution in [-0.4, -0.2) is 33.7 Å². The lowest BCUT2D eigenvalue weighted by molar-refractivity contribution is 0.0955. The Hall–Kier alpha value is -2.54. The topological polar surface area (TPSA) is 84.5 Å². The summed E-state index contributed by atoms with van der Waals surface area (Å²) in [6.45, 7) is 1.99. The summed E-state index contributed by atoms with van der Waals surface area (Å²) in [7, 11) is -1.83. The van der Waals surface area contributed by atoms with Crippen LogP contribution >= 0.6 is 0 Å². The first-order valence-electron chi connectivity index (χ1n) is 7.96. The van der Waals surface area contributed by atoms with E-state index in [1.54, 1.807) is 38.3 Å². The highest BCUT2D eigenvalue weighted by molar-refractivity contribution is 7.92. The fourth-order valence-electron chi connectivity index (χ4n) is 2.22. The van der Waals surface area contributed by atoms with Gasteiger partial charge in [-0.3, -0.25) is 9.52 Å². The summed E-state index contributed by atoms with van der Waals surface area (Å²) in [4.78, 5) is 12.4. The number of methoxy groups -OCH3 is 1. The molecular formula is C18H22N2O4S. The zero-order valence-corrected chi connectivity index (χ0v) is 15.1. The minimum absolute atomic E-state index is 0.0551. The summed E-state index contributed by atoms with van der Waals surface area (Å²) in [5.41, 5.74) is 1.65. The number of sulfonamides is 1. The molecule has 2 rings (SSSR count). The molecule has 0 aliphatic rings. The van der Waals surface area contributed by atoms with Crippen molar-refractivity contribution in [1.82, 2.24) is 5.32 Å². The maximum atomic E-state index is 12.4. The fraction of sp³-hybridized carbons (Fsp3) is 0.278. The molecule has 2 N–H and O–H groups in total. The molecule has 0 aromatic heterocycles. The molecule has 7 heteroatoms. The van der Waals surface area contributed by atoms with Gasteiger partial charge in [0.25, 0.3) is 5.91 Å². The van der Waals surface area contributed by atoms with Crippen molar-refractivity contribution >= 4 is 21.6 Å². The minimum atomic E-state index is -3.44. The summed E-state index contributed by atoms with van der Waals surface area (Å²) in [5, 5.41) is 2.82. The van der Waals surface area contributed by atoms with Gasteiger partial charge in [0.05, 0.1) is 24.1 Å². The predicted molar refractivity (Wildman–Crippen MR) is 98.6 cm³/mol. The number of amides is 1. The number of hydrogen-bond acceptors (Lipinski definition) is 4. The highest BCUT2D eigenvalue weighted by Crippen LogP contribution is 2.17. The predicted octanol–water partition coefficient (Wildman–Crippen LogP) is 2.43. The van der Waals surface area contributed by atoms with Crippen molar-refractivity contribution in [3.05, 3.63) is 59.7 Å². The third-order valence-electron chi connectivity index (χ3n) is 3.68. The number of hydrogen-bond donors (Lipinski definition) is 2. The first-order chi connectivity index (χ1) is 11.9. The molecule has 0 spiro atoms. The monoisotopic (exact) mass is 362 g/mol. The number of benzene rings is 2. The van der Waals surface area contributed by atoms with E-state index in [1.165, 1.54) is 0 Å². The van der Waals surface area contributed by atoms with Gasteiger partial charge in [-0.1, -0.05) is 24.3 Å². The average Bonchev–Trinajstić information content (AvgIpc) is 2.62. The fourth-order valence-corrected chi connectivity index (χ4v) is 2.88. The lowest BCUT2D eigenvalue weighted by Crippen LogP contribution is -2.27.